The van der Waals surface area contributed by atoms with Gasteiger partial charge in [-0.3, -0.25) is 9.59 Å². The van der Waals surface area contributed by atoms with E-state index in [1.54, 1.807) is 0 Å². The molecule has 0 aromatic rings. The Morgan fingerprint density at radius 1 is 1.11 bits per heavy atom. The van der Waals surface area contributed by atoms with E-state index in [9.17, 15) is 9.59 Å². The van der Waals surface area contributed by atoms with Gasteiger partial charge in [0.1, 0.15) is 0 Å². The third-order valence-electron chi connectivity index (χ3n) is 4.37. The Morgan fingerprint density at radius 2 is 1.74 bits per heavy atom. The zero-order valence-corrected chi connectivity index (χ0v) is 12.2. The molecule has 4 nitrogen and oxygen atoms in total. The van der Waals surface area contributed by atoms with Gasteiger partial charge >= 0.3 is 0 Å². The summed E-state index contributed by atoms with van der Waals surface area (Å²) in [4.78, 5) is 23.8. The summed E-state index contributed by atoms with van der Waals surface area (Å²) >= 11 is 0. The van der Waals surface area contributed by atoms with Crippen LogP contribution in [0.2, 0.25) is 0 Å². The van der Waals surface area contributed by atoms with Gasteiger partial charge in [-0.25, -0.2) is 0 Å². The maximum absolute atomic E-state index is 12.3. The molecule has 108 valence electrons. The van der Waals surface area contributed by atoms with Crippen LogP contribution in [0.15, 0.2) is 0 Å². The summed E-state index contributed by atoms with van der Waals surface area (Å²) in [5.74, 6) is 1.30. The second-order valence-corrected chi connectivity index (χ2v) is 6.73. The Kier molecular flexibility index (Phi) is 4.48. The van der Waals surface area contributed by atoms with E-state index < -0.39 is 0 Å². The first-order valence-electron chi connectivity index (χ1n) is 7.53. The van der Waals surface area contributed by atoms with Crippen molar-refractivity contribution in [2.75, 3.05) is 0 Å². The standard InChI is InChI=1S/C15H26N2O2/c1-9-4-10(2)6-13(5-9)17-15(19)12-7-11(3)16-14(18)8-12/h9-13H,4-8H2,1-3H3,(H,16,18)(H,17,19). The molecule has 1 saturated carbocycles. The SMILES string of the molecule is CC1CC(C)CC(NC(=O)C2CC(=O)NC(C)C2)C1. The Labute approximate surface area is 115 Å². The molecule has 2 rings (SSSR count). The zero-order chi connectivity index (χ0) is 14.0. The maximum Gasteiger partial charge on any atom is 0.223 e. The normalized spacial score (nSPS) is 39.5. The first-order valence-corrected chi connectivity index (χ1v) is 7.53. The number of rotatable bonds is 2. The largest absolute Gasteiger partial charge is 0.354 e. The van der Waals surface area contributed by atoms with Crippen LogP contribution in [0.3, 0.4) is 0 Å². The quantitative estimate of drug-likeness (QED) is 0.801. The van der Waals surface area contributed by atoms with Gasteiger partial charge in [0.25, 0.3) is 0 Å². The van der Waals surface area contributed by atoms with Crippen LogP contribution in [0, 0.1) is 17.8 Å². The van der Waals surface area contributed by atoms with Crippen LogP contribution in [-0.2, 0) is 9.59 Å². The van der Waals surface area contributed by atoms with Crippen molar-refractivity contribution in [3.63, 3.8) is 0 Å². The number of carbonyl (C=O) groups is 2. The lowest BCUT2D eigenvalue weighted by Crippen LogP contribution is -2.48. The van der Waals surface area contributed by atoms with Crippen LogP contribution < -0.4 is 10.6 Å². The zero-order valence-electron chi connectivity index (χ0n) is 12.2. The summed E-state index contributed by atoms with van der Waals surface area (Å²) in [6.45, 7) is 6.47. The van der Waals surface area contributed by atoms with E-state index in [1.165, 1.54) is 6.42 Å². The highest BCUT2D eigenvalue weighted by molar-refractivity contribution is 5.87. The summed E-state index contributed by atoms with van der Waals surface area (Å²) in [6, 6.07) is 0.410. The van der Waals surface area contributed by atoms with Gasteiger partial charge in [-0.2, -0.15) is 0 Å². The van der Waals surface area contributed by atoms with Crippen LogP contribution in [0.1, 0.15) is 52.9 Å². The lowest BCUT2D eigenvalue weighted by atomic mass is 9.80. The second-order valence-electron chi connectivity index (χ2n) is 6.73. The highest BCUT2D eigenvalue weighted by atomic mass is 16.2. The minimum Gasteiger partial charge on any atom is -0.354 e. The molecule has 0 aromatic heterocycles. The fraction of sp³-hybridized carbons (Fsp3) is 0.867. The molecule has 19 heavy (non-hydrogen) atoms. The predicted octanol–water partition coefficient (Wildman–Crippen LogP) is 1.84. The first-order chi connectivity index (χ1) is 8.94. The van der Waals surface area contributed by atoms with Gasteiger partial charge in [-0.05, 0) is 44.4 Å². The average Bonchev–Trinajstić information content (AvgIpc) is 2.25. The Morgan fingerprint density at radius 3 is 2.32 bits per heavy atom. The summed E-state index contributed by atoms with van der Waals surface area (Å²) in [6.07, 6.45) is 4.51. The highest BCUT2D eigenvalue weighted by Gasteiger charge is 2.32. The fourth-order valence-corrected chi connectivity index (χ4v) is 3.71. The maximum atomic E-state index is 12.3. The van der Waals surface area contributed by atoms with Gasteiger partial charge in [0.2, 0.25) is 11.8 Å². The molecule has 1 saturated heterocycles. The molecule has 0 aromatic carbocycles. The summed E-state index contributed by atoms with van der Waals surface area (Å²) in [5.41, 5.74) is 0. The van der Waals surface area contributed by atoms with Crippen LogP contribution in [-0.4, -0.2) is 23.9 Å². The number of amides is 2. The van der Waals surface area contributed by atoms with E-state index in [1.807, 2.05) is 6.92 Å². The molecule has 2 aliphatic rings. The number of hydrogen-bond acceptors (Lipinski definition) is 2. The number of hydrogen-bond donors (Lipinski definition) is 2. The summed E-state index contributed by atoms with van der Waals surface area (Å²) < 4.78 is 0. The average molecular weight is 266 g/mol. The van der Waals surface area contributed by atoms with Crippen molar-refractivity contribution in [2.24, 2.45) is 17.8 Å². The van der Waals surface area contributed by atoms with Gasteiger partial charge in [0.15, 0.2) is 0 Å². The molecule has 1 aliphatic carbocycles. The number of carbonyl (C=O) groups excluding carboxylic acids is 2. The third-order valence-corrected chi connectivity index (χ3v) is 4.37. The topological polar surface area (TPSA) is 58.2 Å². The molecular formula is C15H26N2O2. The van der Waals surface area contributed by atoms with Crippen molar-refractivity contribution in [3.8, 4) is 0 Å². The van der Waals surface area contributed by atoms with E-state index in [4.69, 9.17) is 0 Å². The predicted molar refractivity (Wildman–Crippen MR) is 74.4 cm³/mol. The molecule has 2 amide bonds. The van der Waals surface area contributed by atoms with Crippen LogP contribution in [0.25, 0.3) is 0 Å². The minimum atomic E-state index is -0.142. The van der Waals surface area contributed by atoms with Crippen molar-refractivity contribution in [3.05, 3.63) is 0 Å². The highest BCUT2D eigenvalue weighted by Crippen LogP contribution is 2.29. The molecular weight excluding hydrogens is 240 g/mol. The van der Waals surface area contributed by atoms with Crippen molar-refractivity contribution in [1.82, 2.24) is 10.6 Å². The van der Waals surface area contributed by atoms with E-state index in [-0.39, 0.29) is 23.8 Å². The molecule has 4 atom stereocenters. The number of nitrogens with one attached hydrogen (secondary N) is 2. The Bertz CT molecular complexity index is 346. The second kappa shape index (κ2) is 5.93. The summed E-state index contributed by atoms with van der Waals surface area (Å²) in [7, 11) is 0. The number of piperidine rings is 1. The summed E-state index contributed by atoms with van der Waals surface area (Å²) in [5, 5.41) is 6.03. The molecule has 0 spiro atoms. The van der Waals surface area contributed by atoms with E-state index in [0.717, 1.165) is 19.3 Å². The molecule has 1 aliphatic heterocycles. The monoisotopic (exact) mass is 266 g/mol. The molecule has 2 N–H and O–H groups in total. The molecule has 0 radical (unpaired) electrons. The van der Waals surface area contributed by atoms with Crippen LogP contribution >= 0.6 is 0 Å². The van der Waals surface area contributed by atoms with E-state index >= 15 is 0 Å². The molecule has 4 unspecified atom stereocenters. The van der Waals surface area contributed by atoms with Gasteiger partial charge in [-0.1, -0.05) is 13.8 Å². The fourth-order valence-electron chi connectivity index (χ4n) is 3.71. The van der Waals surface area contributed by atoms with Crippen LogP contribution in [0.5, 0.6) is 0 Å². The molecule has 4 heteroatoms. The lowest BCUT2D eigenvalue weighted by Gasteiger charge is -2.34. The van der Waals surface area contributed by atoms with Crippen molar-refractivity contribution < 1.29 is 9.59 Å². The van der Waals surface area contributed by atoms with Crippen molar-refractivity contribution in [1.29, 1.82) is 0 Å². The molecule has 2 fully saturated rings. The van der Waals surface area contributed by atoms with Crippen LogP contribution in [0.4, 0.5) is 0 Å². The smallest absolute Gasteiger partial charge is 0.223 e. The Balaban J connectivity index is 1.88. The van der Waals surface area contributed by atoms with Crippen molar-refractivity contribution >= 4 is 11.8 Å². The van der Waals surface area contributed by atoms with E-state index in [2.05, 4.69) is 24.5 Å². The minimum absolute atomic E-state index is 0.00396. The van der Waals surface area contributed by atoms with Gasteiger partial charge in [-0.15, -0.1) is 0 Å². The van der Waals surface area contributed by atoms with E-state index in [0.29, 0.717) is 24.3 Å². The molecule has 0 bridgehead atoms. The van der Waals surface area contributed by atoms with Gasteiger partial charge < -0.3 is 10.6 Å². The third kappa shape index (κ3) is 3.95. The van der Waals surface area contributed by atoms with Crippen molar-refractivity contribution in [2.45, 2.75) is 65.0 Å². The Hall–Kier alpha value is -1.06. The van der Waals surface area contributed by atoms with Gasteiger partial charge in [0, 0.05) is 24.4 Å². The molecule has 1 heterocycles. The van der Waals surface area contributed by atoms with Gasteiger partial charge in [0.05, 0.1) is 0 Å². The first kappa shape index (κ1) is 14.4. The lowest BCUT2D eigenvalue weighted by molar-refractivity contribution is -0.134.